The van der Waals surface area contributed by atoms with Crippen molar-refractivity contribution in [3.8, 4) is 11.5 Å². The second kappa shape index (κ2) is 7.13. The summed E-state index contributed by atoms with van der Waals surface area (Å²) in [5, 5.41) is 4.41. The predicted octanol–water partition coefficient (Wildman–Crippen LogP) is 2.77. The number of rotatable bonds is 4. The van der Waals surface area contributed by atoms with Gasteiger partial charge in [-0.15, -0.1) is 0 Å². The zero-order chi connectivity index (χ0) is 17.1. The number of hydrogen-bond acceptors (Lipinski definition) is 4. The molecule has 0 saturated carbocycles. The van der Waals surface area contributed by atoms with Gasteiger partial charge in [0.05, 0.1) is 18.3 Å². The van der Waals surface area contributed by atoms with E-state index in [0.717, 1.165) is 24.3 Å². The fraction of sp³-hybridized carbons (Fsp3) is 0.412. The zero-order valence-electron chi connectivity index (χ0n) is 13.7. The molecule has 1 aliphatic rings. The molecule has 1 aromatic heterocycles. The number of hydrogen-bond donors (Lipinski definition) is 0. The van der Waals surface area contributed by atoms with Crippen LogP contribution in [-0.4, -0.2) is 46.9 Å². The lowest BCUT2D eigenvalue weighted by molar-refractivity contribution is 0.0585. The van der Waals surface area contributed by atoms with Gasteiger partial charge in [-0.3, -0.25) is 9.48 Å². The van der Waals surface area contributed by atoms with Crippen LogP contribution in [-0.2, 0) is 7.05 Å². The smallest absolute Gasteiger partial charge is 0.273 e. The first kappa shape index (κ1) is 16.6. The molecule has 1 fully saturated rings. The van der Waals surface area contributed by atoms with Crippen LogP contribution in [0.5, 0.6) is 11.5 Å². The summed E-state index contributed by atoms with van der Waals surface area (Å²) in [7, 11) is 3.36. The molecule has 1 saturated heterocycles. The molecule has 6 nitrogen and oxygen atoms in total. The largest absolute Gasteiger partial charge is 0.497 e. The minimum absolute atomic E-state index is 0.0807. The van der Waals surface area contributed by atoms with Crippen molar-refractivity contribution in [3.63, 3.8) is 0 Å². The second-order valence-corrected chi connectivity index (χ2v) is 6.16. The van der Waals surface area contributed by atoms with Crippen LogP contribution >= 0.6 is 11.6 Å². The van der Waals surface area contributed by atoms with Crippen molar-refractivity contribution in [2.24, 2.45) is 7.05 Å². The molecular weight excluding hydrogens is 330 g/mol. The summed E-state index contributed by atoms with van der Waals surface area (Å²) in [4.78, 5) is 14.4. The molecule has 0 bridgehead atoms. The summed E-state index contributed by atoms with van der Waals surface area (Å²) in [5.74, 6) is 1.54. The van der Waals surface area contributed by atoms with Gasteiger partial charge in [-0.25, -0.2) is 0 Å². The lowest BCUT2D eigenvalue weighted by atomic mass is 10.1. The highest BCUT2D eigenvalue weighted by Crippen LogP contribution is 2.23. The van der Waals surface area contributed by atoms with Gasteiger partial charge in [0.15, 0.2) is 0 Å². The molecule has 2 heterocycles. The van der Waals surface area contributed by atoms with Crippen LogP contribution in [0.3, 0.4) is 0 Å². The number of nitrogens with zero attached hydrogens (tertiary/aromatic N) is 3. The van der Waals surface area contributed by atoms with Crippen molar-refractivity contribution in [2.75, 3.05) is 20.2 Å². The molecule has 24 heavy (non-hydrogen) atoms. The Morgan fingerprint density at radius 2 is 1.83 bits per heavy atom. The highest BCUT2D eigenvalue weighted by molar-refractivity contribution is 6.33. The quantitative estimate of drug-likeness (QED) is 0.851. The number of halogens is 1. The highest BCUT2D eigenvalue weighted by atomic mass is 35.5. The van der Waals surface area contributed by atoms with Crippen molar-refractivity contribution in [2.45, 2.75) is 18.9 Å². The van der Waals surface area contributed by atoms with Gasteiger partial charge in [0.25, 0.3) is 5.91 Å². The van der Waals surface area contributed by atoms with Gasteiger partial charge in [0, 0.05) is 33.0 Å². The first-order valence-electron chi connectivity index (χ1n) is 7.86. The number of aryl methyl sites for hydroxylation is 1. The van der Waals surface area contributed by atoms with E-state index in [2.05, 4.69) is 5.10 Å². The molecular formula is C17H20ClN3O3. The number of benzene rings is 1. The fourth-order valence-electron chi connectivity index (χ4n) is 2.82. The first-order chi connectivity index (χ1) is 11.6. The van der Waals surface area contributed by atoms with E-state index < -0.39 is 0 Å². The third kappa shape index (κ3) is 3.48. The Balaban J connectivity index is 1.56. The van der Waals surface area contributed by atoms with E-state index in [0.29, 0.717) is 23.8 Å². The van der Waals surface area contributed by atoms with Crippen molar-refractivity contribution in [1.82, 2.24) is 14.7 Å². The zero-order valence-corrected chi connectivity index (χ0v) is 14.5. The van der Waals surface area contributed by atoms with Gasteiger partial charge in [-0.2, -0.15) is 5.10 Å². The Morgan fingerprint density at radius 1 is 1.21 bits per heavy atom. The van der Waals surface area contributed by atoms with Gasteiger partial charge >= 0.3 is 0 Å². The van der Waals surface area contributed by atoms with Crippen molar-refractivity contribution >= 4 is 17.5 Å². The van der Waals surface area contributed by atoms with Crippen LogP contribution in [0.15, 0.2) is 30.5 Å². The van der Waals surface area contributed by atoms with Crippen molar-refractivity contribution < 1.29 is 14.3 Å². The molecule has 0 spiro atoms. The number of carbonyl (C=O) groups is 1. The third-order valence-electron chi connectivity index (χ3n) is 4.19. The van der Waals surface area contributed by atoms with Gasteiger partial charge in [0.1, 0.15) is 23.3 Å². The van der Waals surface area contributed by atoms with E-state index in [4.69, 9.17) is 21.1 Å². The number of amides is 1. The van der Waals surface area contributed by atoms with Crippen LogP contribution < -0.4 is 9.47 Å². The molecule has 1 aromatic carbocycles. The molecule has 0 unspecified atom stereocenters. The van der Waals surface area contributed by atoms with E-state index in [1.807, 2.05) is 24.3 Å². The van der Waals surface area contributed by atoms with E-state index in [9.17, 15) is 4.79 Å². The summed E-state index contributed by atoms with van der Waals surface area (Å²) in [6.07, 6.45) is 3.17. The molecule has 0 atom stereocenters. The Kier molecular flexibility index (Phi) is 4.94. The number of methoxy groups -OCH3 is 1. The Hall–Kier alpha value is -2.21. The number of piperidine rings is 1. The van der Waals surface area contributed by atoms with Gasteiger partial charge in [-0.05, 0) is 24.3 Å². The molecule has 128 valence electrons. The average molecular weight is 350 g/mol. The number of carbonyl (C=O) groups excluding carboxylic acids is 1. The maximum atomic E-state index is 12.6. The van der Waals surface area contributed by atoms with Crippen LogP contribution in [0.25, 0.3) is 0 Å². The van der Waals surface area contributed by atoms with E-state index in [1.54, 1.807) is 19.1 Å². The van der Waals surface area contributed by atoms with Crippen LogP contribution in [0.4, 0.5) is 0 Å². The second-order valence-electron chi connectivity index (χ2n) is 5.75. The Bertz CT molecular complexity index is 687. The summed E-state index contributed by atoms with van der Waals surface area (Å²) < 4.78 is 12.6. The molecule has 0 aliphatic carbocycles. The fourth-order valence-corrected chi connectivity index (χ4v) is 3.07. The van der Waals surface area contributed by atoms with Crippen molar-refractivity contribution in [3.05, 3.63) is 41.2 Å². The predicted molar refractivity (Wildman–Crippen MR) is 90.8 cm³/mol. The Morgan fingerprint density at radius 3 is 2.38 bits per heavy atom. The maximum absolute atomic E-state index is 12.6. The van der Waals surface area contributed by atoms with Crippen LogP contribution in [0.1, 0.15) is 23.3 Å². The molecule has 1 aliphatic heterocycles. The Labute approximate surface area is 145 Å². The molecule has 1 amide bonds. The van der Waals surface area contributed by atoms with Gasteiger partial charge < -0.3 is 14.4 Å². The lowest BCUT2D eigenvalue weighted by Gasteiger charge is -2.32. The monoisotopic (exact) mass is 349 g/mol. The van der Waals surface area contributed by atoms with E-state index in [1.165, 1.54) is 10.9 Å². The lowest BCUT2D eigenvalue weighted by Crippen LogP contribution is -2.42. The number of aromatic nitrogens is 2. The number of likely N-dealkylation sites (tertiary alicyclic amines) is 1. The van der Waals surface area contributed by atoms with Gasteiger partial charge in [0.2, 0.25) is 0 Å². The molecule has 3 rings (SSSR count). The SMILES string of the molecule is COc1ccc(OC2CCN(C(=O)c3c(Cl)cnn3C)CC2)cc1. The minimum Gasteiger partial charge on any atom is -0.497 e. The topological polar surface area (TPSA) is 56.6 Å². The maximum Gasteiger partial charge on any atom is 0.273 e. The summed E-state index contributed by atoms with van der Waals surface area (Å²) in [6.45, 7) is 1.28. The molecule has 0 radical (unpaired) electrons. The molecule has 0 N–H and O–H groups in total. The third-order valence-corrected chi connectivity index (χ3v) is 4.46. The highest BCUT2D eigenvalue weighted by Gasteiger charge is 2.27. The first-order valence-corrected chi connectivity index (χ1v) is 8.23. The average Bonchev–Trinajstić information content (AvgIpc) is 2.94. The summed E-state index contributed by atoms with van der Waals surface area (Å²) in [5.41, 5.74) is 0.436. The number of ether oxygens (including phenoxy) is 2. The van der Waals surface area contributed by atoms with Crippen molar-refractivity contribution in [1.29, 1.82) is 0 Å². The van der Waals surface area contributed by atoms with Gasteiger partial charge in [-0.1, -0.05) is 11.6 Å². The molecule has 7 heteroatoms. The normalized spacial score (nSPS) is 15.4. The van der Waals surface area contributed by atoms with Crippen LogP contribution in [0, 0.1) is 0 Å². The van der Waals surface area contributed by atoms with Crippen LogP contribution in [0.2, 0.25) is 5.02 Å². The van der Waals surface area contributed by atoms with E-state index in [-0.39, 0.29) is 12.0 Å². The van der Waals surface area contributed by atoms with E-state index >= 15 is 0 Å². The summed E-state index contributed by atoms with van der Waals surface area (Å²) in [6, 6.07) is 7.54. The minimum atomic E-state index is -0.0807. The molecule has 2 aromatic rings. The summed E-state index contributed by atoms with van der Waals surface area (Å²) >= 11 is 6.05. The standard InChI is InChI=1S/C17H20ClN3O3/c1-20-16(15(18)11-19-20)17(22)21-9-7-14(8-10-21)24-13-5-3-12(23-2)4-6-13/h3-6,11,14H,7-10H2,1-2H3.